The van der Waals surface area contributed by atoms with E-state index in [1.807, 2.05) is 0 Å². The maximum Gasteiger partial charge on any atom is 0.335 e. The van der Waals surface area contributed by atoms with Crippen LogP contribution in [0.2, 0.25) is 0 Å². The van der Waals surface area contributed by atoms with Crippen molar-refractivity contribution in [2.75, 3.05) is 6.61 Å². The summed E-state index contributed by atoms with van der Waals surface area (Å²) in [5.41, 5.74) is 0. The van der Waals surface area contributed by atoms with Gasteiger partial charge in [-0.25, -0.2) is 4.79 Å². The molecule has 8 N–H and O–H groups in total. The zero-order valence-electron chi connectivity index (χ0n) is 7.41. The van der Waals surface area contributed by atoms with E-state index in [2.05, 4.69) is 0 Å². The van der Waals surface area contributed by atoms with Crippen LogP contribution in [-0.4, -0.2) is 73.1 Å². The topological polar surface area (TPSA) is 170 Å². The quantitative estimate of drug-likeness (QED) is 0.276. The van der Waals surface area contributed by atoms with Gasteiger partial charge in [0.1, 0.15) is 18.3 Å². The molecule has 0 fully saturated rings. The molecule has 9 heteroatoms. The maximum atomic E-state index is 10.1. The van der Waals surface area contributed by atoms with Crippen molar-refractivity contribution in [3.63, 3.8) is 0 Å². The Balaban J connectivity index is -0.000000720. The minimum absolute atomic E-state index is 0. The van der Waals surface area contributed by atoms with Gasteiger partial charge in [-0.1, -0.05) is 0 Å². The summed E-state index contributed by atoms with van der Waals surface area (Å²) >= 11 is 0. The summed E-state index contributed by atoms with van der Waals surface area (Å²) in [6.07, 6.45) is -7.84. The van der Waals surface area contributed by atoms with Gasteiger partial charge in [-0.2, -0.15) is 0 Å². The number of aliphatic carboxylic acids is 1. The number of carbonyl (C=O) groups is 1. The van der Waals surface area contributed by atoms with Crippen LogP contribution in [0.25, 0.3) is 0 Å². The van der Waals surface area contributed by atoms with E-state index in [-0.39, 0.29) is 22.5 Å². The van der Waals surface area contributed by atoms with Gasteiger partial charge in [0, 0.05) is 17.1 Å². The largest absolute Gasteiger partial charge is 0.479 e. The molecule has 1 radical (unpaired) electrons. The molecule has 8 nitrogen and oxygen atoms in total. The van der Waals surface area contributed by atoms with Crippen molar-refractivity contribution >= 4 is 5.97 Å². The molecular weight excluding hydrogens is 264 g/mol. The first-order valence-electron chi connectivity index (χ1n) is 3.47. The minimum atomic E-state index is -2.20. The maximum absolute atomic E-state index is 10.1. The molecule has 0 spiro atoms. The summed E-state index contributed by atoms with van der Waals surface area (Å²) < 4.78 is 0. The summed E-state index contributed by atoms with van der Waals surface area (Å²) in [7, 11) is 0. The molecule has 0 rings (SSSR count). The molecule has 0 aliphatic heterocycles. The molecular formula is C6H14CuO8. The Morgan fingerprint density at radius 2 is 1.47 bits per heavy atom. The van der Waals surface area contributed by atoms with E-state index < -0.39 is 37.0 Å². The molecule has 0 aromatic heterocycles. The molecule has 0 aromatic rings. The summed E-state index contributed by atoms with van der Waals surface area (Å²) in [6, 6.07) is 0. The molecule has 0 saturated heterocycles. The Bertz CT molecular complexity index is 177. The predicted octanol–water partition coefficient (Wildman–Crippen LogP) is -4.32. The van der Waals surface area contributed by atoms with Crippen LogP contribution in [0.3, 0.4) is 0 Å². The van der Waals surface area contributed by atoms with Crippen LogP contribution in [0.4, 0.5) is 0 Å². The van der Waals surface area contributed by atoms with Crippen molar-refractivity contribution in [3.8, 4) is 0 Å². The number of aliphatic hydroxyl groups is 5. The van der Waals surface area contributed by atoms with Gasteiger partial charge in [0.2, 0.25) is 0 Å². The van der Waals surface area contributed by atoms with Crippen LogP contribution >= 0.6 is 0 Å². The normalized spacial score (nSPS) is 17.7. The Morgan fingerprint density at radius 1 is 1.07 bits per heavy atom. The van der Waals surface area contributed by atoms with E-state index in [9.17, 15) is 4.79 Å². The van der Waals surface area contributed by atoms with Gasteiger partial charge in [-0.15, -0.1) is 0 Å². The van der Waals surface area contributed by atoms with Crippen LogP contribution < -0.4 is 0 Å². The van der Waals surface area contributed by atoms with Crippen molar-refractivity contribution in [1.82, 2.24) is 0 Å². The molecule has 97 valence electrons. The SMILES string of the molecule is O.O=C(O)C(O)C(O)C(O)C(O)CO.[Cu]. The molecule has 0 aromatic carbocycles. The molecule has 4 unspecified atom stereocenters. The zero-order valence-corrected chi connectivity index (χ0v) is 8.35. The van der Waals surface area contributed by atoms with Crippen LogP contribution in [0.5, 0.6) is 0 Å². The van der Waals surface area contributed by atoms with Crippen molar-refractivity contribution < 1.29 is 58.0 Å². The number of rotatable bonds is 5. The van der Waals surface area contributed by atoms with Crippen LogP contribution in [0.15, 0.2) is 0 Å². The monoisotopic (exact) mass is 277 g/mol. The fourth-order valence-corrected chi connectivity index (χ4v) is 0.668. The number of hydrogen-bond donors (Lipinski definition) is 6. The van der Waals surface area contributed by atoms with Gasteiger partial charge in [-0.3, -0.25) is 0 Å². The van der Waals surface area contributed by atoms with E-state index in [4.69, 9.17) is 30.6 Å². The molecule has 4 atom stereocenters. The molecule has 0 saturated carbocycles. The van der Waals surface area contributed by atoms with Crippen molar-refractivity contribution in [2.45, 2.75) is 24.4 Å². The first-order chi connectivity index (χ1) is 5.91. The average Bonchev–Trinajstić information content (AvgIpc) is 2.12. The average molecular weight is 278 g/mol. The molecule has 0 aliphatic carbocycles. The van der Waals surface area contributed by atoms with Crippen LogP contribution in [-0.2, 0) is 21.9 Å². The minimum Gasteiger partial charge on any atom is -0.479 e. The molecule has 0 aliphatic rings. The smallest absolute Gasteiger partial charge is 0.335 e. The molecule has 0 bridgehead atoms. The van der Waals surface area contributed by atoms with Gasteiger partial charge in [-0.05, 0) is 0 Å². The summed E-state index contributed by atoms with van der Waals surface area (Å²) in [5, 5.41) is 51.8. The van der Waals surface area contributed by atoms with E-state index in [1.165, 1.54) is 0 Å². The van der Waals surface area contributed by atoms with Crippen LogP contribution in [0.1, 0.15) is 0 Å². The Kier molecular flexibility index (Phi) is 12.1. The number of hydrogen-bond acceptors (Lipinski definition) is 6. The fourth-order valence-electron chi connectivity index (χ4n) is 0.668. The second-order valence-electron chi connectivity index (χ2n) is 2.51. The third-order valence-corrected chi connectivity index (χ3v) is 1.51. The van der Waals surface area contributed by atoms with Gasteiger partial charge in [0.15, 0.2) is 6.10 Å². The summed E-state index contributed by atoms with van der Waals surface area (Å²) in [6.45, 7) is -0.843. The van der Waals surface area contributed by atoms with Gasteiger partial charge >= 0.3 is 5.97 Å². The molecule has 0 amide bonds. The van der Waals surface area contributed by atoms with Crippen molar-refractivity contribution in [3.05, 3.63) is 0 Å². The first kappa shape index (κ1) is 20.2. The predicted molar refractivity (Wildman–Crippen MR) is 42.4 cm³/mol. The fraction of sp³-hybridized carbons (Fsp3) is 0.833. The van der Waals surface area contributed by atoms with E-state index in [0.29, 0.717) is 0 Å². The second kappa shape index (κ2) is 9.01. The van der Waals surface area contributed by atoms with Crippen molar-refractivity contribution in [1.29, 1.82) is 0 Å². The van der Waals surface area contributed by atoms with Gasteiger partial charge in [0.05, 0.1) is 6.61 Å². The van der Waals surface area contributed by atoms with Crippen LogP contribution in [0, 0.1) is 0 Å². The van der Waals surface area contributed by atoms with Crippen molar-refractivity contribution in [2.24, 2.45) is 0 Å². The Hall–Kier alpha value is -0.251. The number of carboxylic acid groups (broad SMARTS) is 1. The number of carboxylic acids is 1. The zero-order chi connectivity index (χ0) is 10.6. The molecule has 0 heterocycles. The first-order valence-corrected chi connectivity index (χ1v) is 3.47. The van der Waals surface area contributed by atoms with Gasteiger partial charge in [0.25, 0.3) is 0 Å². The Labute approximate surface area is 95.6 Å². The van der Waals surface area contributed by atoms with Gasteiger partial charge < -0.3 is 36.1 Å². The molecule has 15 heavy (non-hydrogen) atoms. The Morgan fingerprint density at radius 3 is 1.73 bits per heavy atom. The third-order valence-electron chi connectivity index (χ3n) is 1.51. The third kappa shape index (κ3) is 6.02. The van der Waals surface area contributed by atoms with E-state index in [1.54, 1.807) is 0 Å². The standard InChI is InChI=1S/C6H12O7.Cu.H2O/c7-1-2(8)3(9)4(10)5(11)6(12)13;;/h2-5,7-11H,1H2,(H,12,13);;1H2. The number of aliphatic hydroxyl groups excluding tert-OH is 5. The van der Waals surface area contributed by atoms with E-state index >= 15 is 0 Å². The van der Waals surface area contributed by atoms with E-state index in [0.717, 1.165) is 0 Å². The summed E-state index contributed by atoms with van der Waals surface area (Å²) in [4.78, 5) is 10.1. The summed E-state index contributed by atoms with van der Waals surface area (Å²) in [5.74, 6) is -1.73. The second-order valence-corrected chi connectivity index (χ2v) is 2.51.